The minimum Gasteiger partial charge on any atom is -0.294 e. The second-order valence-corrected chi connectivity index (χ2v) is 3.39. The van der Waals surface area contributed by atoms with Gasteiger partial charge in [0.15, 0.2) is 5.78 Å². The Bertz CT molecular complexity index is 555. The molecule has 0 bridgehead atoms. The molecule has 4 nitrogen and oxygen atoms in total. The number of hydrogen-bond donors (Lipinski definition) is 0. The second-order valence-electron chi connectivity index (χ2n) is 3.39. The van der Waals surface area contributed by atoms with Crippen LogP contribution in [0.4, 0.5) is 0 Å². The number of hydrogen-bond acceptors (Lipinski definition) is 4. The molecule has 0 spiro atoms. The first-order valence-electron chi connectivity index (χ1n) is 4.59. The van der Waals surface area contributed by atoms with Crippen molar-refractivity contribution in [1.29, 1.82) is 0 Å². The van der Waals surface area contributed by atoms with E-state index in [9.17, 15) is 9.59 Å². The first-order chi connectivity index (χ1) is 7.29. The molecule has 2 aliphatic rings. The van der Waals surface area contributed by atoms with Crippen molar-refractivity contribution in [3.05, 3.63) is 35.2 Å². The minimum absolute atomic E-state index is 0.164. The van der Waals surface area contributed by atoms with Gasteiger partial charge in [-0.2, -0.15) is 0 Å². The Morgan fingerprint density at radius 2 is 2.13 bits per heavy atom. The lowest BCUT2D eigenvalue weighted by Gasteiger charge is -2.03. The van der Waals surface area contributed by atoms with Crippen molar-refractivity contribution >= 4 is 23.5 Å². The van der Waals surface area contributed by atoms with E-state index in [0.29, 0.717) is 17.0 Å². The van der Waals surface area contributed by atoms with Gasteiger partial charge in [-0.15, -0.1) is 0 Å². The van der Waals surface area contributed by atoms with E-state index in [1.807, 2.05) is 0 Å². The molecule has 0 amide bonds. The Kier molecular flexibility index (Phi) is 1.48. The smallest absolute Gasteiger partial charge is 0.201 e. The van der Waals surface area contributed by atoms with Crippen molar-refractivity contribution in [3.63, 3.8) is 0 Å². The van der Waals surface area contributed by atoms with Crippen LogP contribution < -0.4 is 0 Å². The van der Waals surface area contributed by atoms with Gasteiger partial charge in [-0.25, -0.2) is 0 Å². The van der Waals surface area contributed by atoms with Gasteiger partial charge in [0.2, 0.25) is 5.78 Å². The Morgan fingerprint density at radius 3 is 3.00 bits per heavy atom. The molecule has 1 aromatic heterocycles. The maximum atomic E-state index is 11.8. The number of fused-ring (bicyclic) bond motifs is 2. The molecule has 0 aromatic carbocycles. The van der Waals surface area contributed by atoms with Gasteiger partial charge >= 0.3 is 0 Å². The predicted molar refractivity (Wildman–Crippen MR) is 53.6 cm³/mol. The van der Waals surface area contributed by atoms with E-state index in [0.717, 1.165) is 0 Å². The van der Waals surface area contributed by atoms with Gasteiger partial charge < -0.3 is 0 Å². The van der Waals surface area contributed by atoms with Crippen LogP contribution in [-0.2, 0) is 4.79 Å². The van der Waals surface area contributed by atoms with Crippen molar-refractivity contribution < 1.29 is 9.59 Å². The molecular formula is C11H6N2O2. The van der Waals surface area contributed by atoms with Crippen LogP contribution in [0.1, 0.15) is 22.5 Å². The van der Waals surface area contributed by atoms with Crippen molar-refractivity contribution in [3.8, 4) is 0 Å². The summed E-state index contributed by atoms with van der Waals surface area (Å²) < 4.78 is 0. The average Bonchev–Trinajstić information content (AvgIpc) is 2.55. The number of nitrogens with zero attached hydrogens (tertiary/aromatic N) is 2. The summed E-state index contributed by atoms with van der Waals surface area (Å²) in [6, 6.07) is 3.36. The number of aromatic nitrogens is 1. The fourth-order valence-electron chi connectivity index (χ4n) is 1.84. The van der Waals surface area contributed by atoms with Gasteiger partial charge in [0, 0.05) is 18.8 Å². The summed E-state index contributed by atoms with van der Waals surface area (Å²) in [5, 5.41) is 0. The van der Waals surface area contributed by atoms with E-state index in [1.165, 1.54) is 6.21 Å². The molecule has 1 aliphatic carbocycles. The highest BCUT2D eigenvalue weighted by molar-refractivity contribution is 6.37. The largest absolute Gasteiger partial charge is 0.294 e. The number of Topliss-reactive ketones (excluding diaryl/α,β-unsaturated/α-hetero) is 2. The molecule has 1 aliphatic heterocycles. The van der Waals surface area contributed by atoms with Crippen LogP contribution in [0.5, 0.6) is 0 Å². The molecule has 0 radical (unpaired) electrons. The molecule has 4 heteroatoms. The van der Waals surface area contributed by atoms with Crippen LogP contribution in [0.25, 0.3) is 5.70 Å². The summed E-state index contributed by atoms with van der Waals surface area (Å²) in [5.74, 6) is -0.405. The number of carbonyl (C=O) groups is 2. The Balaban J connectivity index is 2.32. The molecule has 2 heterocycles. The van der Waals surface area contributed by atoms with Crippen molar-refractivity contribution in [2.75, 3.05) is 0 Å². The van der Waals surface area contributed by atoms with Gasteiger partial charge in [0.25, 0.3) is 0 Å². The molecule has 1 aromatic rings. The summed E-state index contributed by atoms with van der Waals surface area (Å²) in [6.07, 6.45) is 3.33. The van der Waals surface area contributed by atoms with E-state index in [2.05, 4.69) is 9.98 Å². The standard InChI is InChI=1S/C11H6N2O2/c14-7-3-5-13-10-8(7)11(15)6-2-1-4-12-9(6)10/h1-2,4-5H,3H2. The van der Waals surface area contributed by atoms with Gasteiger partial charge in [0.05, 0.1) is 11.1 Å². The summed E-state index contributed by atoms with van der Waals surface area (Å²) in [5.41, 5.74) is 1.65. The molecule has 0 saturated heterocycles. The normalized spacial score (nSPS) is 18.1. The Morgan fingerprint density at radius 1 is 1.27 bits per heavy atom. The summed E-state index contributed by atoms with van der Waals surface area (Å²) in [7, 11) is 0. The minimum atomic E-state index is -0.241. The summed E-state index contributed by atoms with van der Waals surface area (Å²) in [6.45, 7) is 0. The van der Waals surface area contributed by atoms with Crippen LogP contribution in [0, 0.1) is 0 Å². The lowest BCUT2D eigenvalue weighted by molar-refractivity contribution is -0.114. The zero-order valence-corrected chi connectivity index (χ0v) is 7.73. The Hall–Kier alpha value is -2.10. The van der Waals surface area contributed by atoms with Crippen molar-refractivity contribution in [1.82, 2.24) is 4.98 Å². The average molecular weight is 198 g/mol. The molecule has 0 unspecified atom stereocenters. The van der Waals surface area contributed by atoms with E-state index in [4.69, 9.17) is 0 Å². The van der Waals surface area contributed by atoms with Crippen LogP contribution in [-0.4, -0.2) is 22.8 Å². The number of allylic oxidation sites excluding steroid dienone is 1. The molecule has 15 heavy (non-hydrogen) atoms. The zero-order chi connectivity index (χ0) is 10.4. The van der Waals surface area contributed by atoms with Crippen molar-refractivity contribution in [2.45, 2.75) is 6.42 Å². The van der Waals surface area contributed by atoms with Gasteiger partial charge in [-0.3, -0.25) is 19.6 Å². The maximum Gasteiger partial charge on any atom is 0.201 e. The van der Waals surface area contributed by atoms with Crippen LogP contribution >= 0.6 is 0 Å². The van der Waals surface area contributed by atoms with Crippen molar-refractivity contribution in [2.24, 2.45) is 4.99 Å². The quantitative estimate of drug-likeness (QED) is 0.585. The predicted octanol–water partition coefficient (Wildman–Crippen LogP) is 1.03. The lowest BCUT2D eigenvalue weighted by atomic mass is 10.0. The SMILES string of the molecule is O=C1CC=NC2=C1C(=O)c1cccnc12. The molecule has 0 atom stereocenters. The number of aliphatic imine (C=N–C) groups is 1. The molecule has 0 N–H and O–H groups in total. The van der Waals surface area contributed by atoms with Crippen LogP contribution in [0.3, 0.4) is 0 Å². The monoisotopic (exact) mass is 198 g/mol. The Labute approximate surface area is 85.4 Å². The van der Waals surface area contributed by atoms with E-state index < -0.39 is 0 Å². The third-order valence-electron chi connectivity index (χ3n) is 2.52. The maximum absolute atomic E-state index is 11.8. The third-order valence-corrected chi connectivity index (χ3v) is 2.52. The summed E-state index contributed by atoms with van der Waals surface area (Å²) in [4.78, 5) is 31.6. The molecule has 3 rings (SSSR count). The van der Waals surface area contributed by atoms with Crippen LogP contribution in [0.2, 0.25) is 0 Å². The highest BCUT2D eigenvalue weighted by Crippen LogP contribution is 2.34. The van der Waals surface area contributed by atoms with Gasteiger partial charge in [-0.1, -0.05) is 0 Å². The number of carbonyl (C=O) groups excluding carboxylic acids is 2. The fourth-order valence-corrected chi connectivity index (χ4v) is 1.84. The number of pyridine rings is 1. The number of rotatable bonds is 0. The molecule has 0 saturated carbocycles. The molecule has 0 fully saturated rings. The first kappa shape index (κ1) is 8.23. The number of ketones is 2. The van der Waals surface area contributed by atoms with E-state index >= 15 is 0 Å². The fraction of sp³-hybridized carbons (Fsp3) is 0.0909. The van der Waals surface area contributed by atoms with Crippen LogP contribution in [0.15, 0.2) is 28.9 Å². The zero-order valence-electron chi connectivity index (χ0n) is 7.73. The first-order valence-corrected chi connectivity index (χ1v) is 4.59. The highest BCUT2D eigenvalue weighted by Gasteiger charge is 2.35. The second kappa shape index (κ2) is 2.70. The topological polar surface area (TPSA) is 59.4 Å². The van der Waals surface area contributed by atoms with Gasteiger partial charge in [0.1, 0.15) is 11.4 Å². The molecule has 72 valence electrons. The highest BCUT2D eigenvalue weighted by atomic mass is 16.1. The van der Waals surface area contributed by atoms with E-state index in [1.54, 1.807) is 18.3 Å². The lowest BCUT2D eigenvalue weighted by Crippen LogP contribution is -2.12. The molecular weight excluding hydrogens is 192 g/mol. The third kappa shape index (κ3) is 0.958. The van der Waals surface area contributed by atoms with Gasteiger partial charge in [-0.05, 0) is 12.1 Å². The van der Waals surface area contributed by atoms with E-state index in [-0.39, 0.29) is 23.6 Å². The summed E-state index contributed by atoms with van der Waals surface area (Å²) >= 11 is 0.